The van der Waals surface area contributed by atoms with E-state index >= 15 is 0 Å². The Kier molecular flexibility index (Phi) is 9.61. The molecule has 0 aromatic heterocycles. The lowest BCUT2D eigenvalue weighted by Gasteiger charge is -2.20. The molecule has 0 fully saturated rings. The summed E-state index contributed by atoms with van der Waals surface area (Å²) in [5, 5.41) is 40.7. The lowest BCUT2D eigenvalue weighted by molar-refractivity contribution is 0.0966. The van der Waals surface area contributed by atoms with Gasteiger partial charge in [-0.1, -0.05) is 24.3 Å². The van der Waals surface area contributed by atoms with Crippen LogP contribution in [-0.2, 0) is 12.8 Å². The third-order valence-corrected chi connectivity index (χ3v) is 6.82. The number of Topliss-reactive ketones (excluding diaryl/α,β-unsaturated/α-hetero) is 2. The van der Waals surface area contributed by atoms with E-state index in [9.17, 15) is 30.0 Å². The van der Waals surface area contributed by atoms with Crippen LogP contribution in [0.5, 0.6) is 51.7 Å². The van der Waals surface area contributed by atoms with Crippen molar-refractivity contribution in [1.82, 2.24) is 0 Å². The average Bonchev–Trinajstić information content (AvgIpc) is 3.00. The maximum absolute atomic E-state index is 13.4. The summed E-state index contributed by atoms with van der Waals surface area (Å²) in [6.45, 7) is 0. The van der Waals surface area contributed by atoms with Gasteiger partial charge in [0, 0.05) is 31.0 Å². The lowest BCUT2D eigenvalue weighted by Crippen LogP contribution is -2.08. The number of carbonyl (C=O) groups excluding carboxylic acids is 2. The van der Waals surface area contributed by atoms with Crippen LogP contribution in [0.1, 0.15) is 44.7 Å². The predicted octanol–water partition coefficient (Wildman–Crippen LogP) is 5.96. The van der Waals surface area contributed by atoms with Gasteiger partial charge >= 0.3 is 0 Å². The fraction of sp³-hybridized carbons (Fsp3) is 0.212. The van der Waals surface area contributed by atoms with Gasteiger partial charge in [0.2, 0.25) is 5.75 Å². The second-order valence-electron chi connectivity index (χ2n) is 9.64. The predicted molar refractivity (Wildman–Crippen MR) is 157 cm³/mol. The molecule has 0 spiro atoms. The summed E-state index contributed by atoms with van der Waals surface area (Å²) in [7, 11) is 4.02. The Morgan fingerprint density at radius 2 is 1.09 bits per heavy atom. The summed E-state index contributed by atoms with van der Waals surface area (Å²) in [6, 6.07) is 16.7. The summed E-state index contributed by atoms with van der Waals surface area (Å²) >= 11 is 0. The zero-order chi connectivity index (χ0) is 31.1. The maximum atomic E-state index is 13.4. The van der Waals surface area contributed by atoms with Crippen molar-refractivity contribution in [3.05, 3.63) is 89.0 Å². The molecule has 0 saturated carbocycles. The van der Waals surface area contributed by atoms with E-state index in [1.54, 1.807) is 24.3 Å². The average molecular weight is 589 g/mol. The van der Waals surface area contributed by atoms with Crippen molar-refractivity contribution in [3.8, 4) is 51.7 Å². The molecule has 4 aromatic rings. The summed E-state index contributed by atoms with van der Waals surface area (Å²) in [4.78, 5) is 26.7. The van der Waals surface area contributed by atoms with Crippen molar-refractivity contribution in [2.75, 3.05) is 21.3 Å². The Balaban J connectivity index is 1.70. The van der Waals surface area contributed by atoms with E-state index in [2.05, 4.69) is 0 Å². The van der Waals surface area contributed by atoms with Gasteiger partial charge in [0.1, 0.15) is 45.6 Å². The van der Waals surface area contributed by atoms with Gasteiger partial charge in [-0.15, -0.1) is 0 Å². The van der Waals surface area contributed by atoms with Crippen molar-refractivity contribution in [1.29, 1.82) is 0 Å². The molecule has 0 bridgehead atoms. The Morgan fingerprint density at radius 3 is 1.58 bits per heavy atom. The molecule has 0 aliphatic rings. The molecule has 10 nitrogen and oxygen atoms in total. The molecule has 4 N–H and O–H groups in total. The van der Waals surface area contributed by atoms with Gasteiger partial charge in [-0.3, -0.25) is 9.59 Å². The van der Waals surface area contributed by atoms with Crippen LogP contribution in [-0.4, -0.2) is 53.3 Å². The summed E-state index contributed by atoms with van der Waals surface area (Å²) < 4.78 is 22.4. The minimum Gasteiger partial charge on any atom is -0.508 e. The van der Waals surface area contributed by atoms with Crippen LogP contribution in [0.4, 0.5) is 0 Å². The molecule has 0 amide bonds. The Labute approximate surface area is 248 Å². The number of aryl methyl sites for hydroxylation is 2. The first-order chi connectivity index (χ1) is 20.6. The number of ether oxygens (including phenoxy) is 4. The SMILES string of the molecule is COc1cc(O)c(C(=O)CCc2ccc(O)cc2)c(Oc2c(OC)cc(O)c(C(=O)CCc3ccc(O)cc3)c2OC)c1. The molecule has 0 heterocycles. The standard InChI is InChI=1S/C33H32O10/c1-40-23-16-26(38)30(24(36)14-8-19-4-10-21(34)11-5-19)28(17-23)43-32-29(41-2)18-27(39)31(33(32)42-3)25(37)15-9-20-6-12-22(35)13-7-20/h4-7,10-13,16-18,34-35,38-39H,8-9,14-15H2,1-3H3. The van der Waals surface area contributed by atoms with E-state index in [0.29, 0.717) is 12.8 Å². The maximum Gasteiger partial charge on any atom is 0.212 e. The number of rotatable bonds is 13. The van der Waals surface area contributed by atoms with Crippen LogP contribution in [0.3, 0.4) is 0 Å². The van der Waals surface area contributed by atoms with Gasteiger partial charge < -0.3 is 39.4 Å². The lowest BCUT2D eigenvalue weighted by atomic mass is 9.99. The monoisotopic (exact) mass is 588 g/mol. The van der Waals surface area contributed by atoms with Crippen molar-refractivity contribution < 1.29 is 49.0 Å². The number of methoxy groups -OCH3 is 3. The van der Waals surface area contributed by atoms with Gasteiger partial charge in [0.05, 0.1) is 21.3 Å². The van der Waals surface area contributed by atoms with Crippen molar-refractivity contribution in [2.24, 2.45) is 0 Å². The molecule has 0 atom stereocenters. The highest BCUT2D eigenvalue weighted by molar-refractivity contribution is 6.03. The van der Waals surface area contributed by atoms with Crippen LogP contribution in [0.15, 0.2) is 66.7 Å². The third-order valence-electron chi connectivity index (χ3n) is 6.82. The largest absolute Gasteiger partial charge is 0.508 e. The molecule has 10 heteroatoms. The summed E-state index contributed by atoms with van der Waals surface area (Å²) in [5.74, 6) is -1.56. The van der Waals surface area contributed by atoms with Crippen LogP contribution < -0.4 is 18.9 Å². The number of phenolic OH excluding ortho intramolecular Hbond substituents is 4. The van der Waals surface area contributed by atoms with E-state index < -0.39 is 17.3 Å². The fourth-order valence-electron chi connectivity index (χ4n) is 4.57. The molecule has 0 saturated heterocycles. The summed E-state index contributed by atoms with van der Waals surface area (Å²) in [5.41, 5.74) is 1.33. The van der Waals surface area contributed by atoms with Gasteiger partial charge in [0.15, 0.2) is 23.1 Å². The fourth-order valence-corrected chi connectivity index (χ4v) is 4.57. The molecular weight excluding hydrogens is 556 g/mol. The molecule has 0 aliphatic heterocycles. The molecule has 0 unspecified atom stereocenters. The van der Waals surface area contributed by atoms with E-state index in [-0.39, 0.29) is 70.0 Å². The quantitative estimate of drug-likeness (QED) is 0.138. The summed E-state index contributed by atoms with van der Waals surface area (Å²) in [6.07, 6.45) is 0.663. The second kappa shape index (κ2) is 13.5. The van der Waals surface area contributed by atoms with Crippen molar-refractivity contribution >= 4 is 11.6 Å². The van der Waals surface area contributed by atoms with E-state index in [1.165, 1.54) is 63.8 Å². The van der Waals surface area contributed by atoms with Crippen LogP contribution >= 0.6 is 0 Å². The zero-order valence-corrected chi connectivity index (χ0v) is 23.9. The molecule has 43 heavy (non-hydrogen) atoms. The molecule has 0 radical (unpaired) electrons. The topological polar surface area (TPSA) is 152 Å². The van der Waals surface area contributed by atoms with E-state index in [0.717, 1.165) is 11.1 Å². The Bertz CT molecular complexity index is 1610. The zero-order valence-electron chi connectivity index (χ0n) is 23.9. The minimum atomic E-state index is -0.450. The van der Waals surface area contributed by atoms with E-state index in [1.807, 2.05) is 0 Å². The molecule has 0 aliphatic carbocycles. The number of ketones is 2. The van der Waals surface area contributed by atoms with Crippen LogP contribution in [0, 0.1) is 0 Å². The third kappa shape index (κ3) is 7.10. The first-order valence-corrected chi connectivity index (χ1v) is 13.3. The Hall–Kier alpha value is -5.38. The van der Waals surface area contributed by atoms with Gasteiger partial charge in [-0.25, -0.2) is 0 Å². The number of carbonyl (C=O) groups is 2. The van der Waals surface area contributed by atoms with Crippen molar-refractivity contribution in [3.63, 3.8) is 0 Å². The normalized spacial score (nSPS) is 10.7. The molecule has 4 rings (SSSR count). The van der Waals surface area contributed by atoms with E-state index in [4.69, 9.17) is 18.9 Å². The first-order valence-electron chi connectivity index (χ1n) is 13.3. The van der Waals surface area contributed by atoms with Crippen molar-refractivity contribution in [2.45, 2.75) is 25.7 Å². The number of aromatic hydroxyl groups is 4. The van der Waals surface area contributed by atoms with Gasteiger partial charge in [-0.05, 0) is 48.2 Å². The second-order valence-corrected chi connectivity index (χ2v) is 9.64. The number of benzene rings is 4. The highest BCUT2D eigenvalue weighted by Gasteiger charge is 2.28. The number of phenols is 4. The first kappa shape index (κ1) is 30.6. The van der Waals surface area contributed by atoms with Crippen LogP contribution in [0.2, 0.25) is 0 Å². The molecule has 4 aromatic carbocycles. The Morgan fingerprint density at radius 1 is 0.581 bits per heavy atom. The number of hydrogen-bond donors (Lipinski definition) is 4. The van der Waals surface area contributed by atoms with Crippen LogP contribution in [0.25, 0.3) is 0 Å². The molecule has 224 valence electrons. The van der Waals surface area contributed by atoms with Gasteiger partial charge in [0.25, 0.3) is 0 Å². The highest BCUT2D eigenvalue weighted by Crippen LogP contribution is 2.49. The minimum absolute atomic E-state index is 0.00140. The highest BCUT2D eigenvalue weighted by atomic mass is 16.5. The molecular formula is C33H32O10. The van der Waals surface area contributed by atoms with Gasteiger partial charge in [-0.2, -0.15) is 0 Å². The smallest absolute Gasteiger partial charge is 0.212 e. The number of hydrogen-bond acceptors (Lipinski definition) is 10.